The average Bonchev–Trinajstić information content (AvgIpc) is 3.47. The van der Waals surface area contributed by atoms with Crippen LogP contribution >= 0.6 is 7.60 Å². The molecule has 0 spiro atoms. The lowest BCUT2D eigenvalue weighted by atomic mass is 10.0. The Labute approximate surface area is 287 Å². The molecule has 5 aromatic carbocycles. The van der Waals surface area contributed by atoms with Gasteiger partial charge in [-0.05, 0) is 41.0 Å². The minimum absolute atomic E-state index is 0.114. The molecule has 0 saturated carbocycles. The fourth-order valence-corrected chi connectivity index (χ4v) is 7.24. The molecule has 0 aromatic heterocycles. The second-order valence-electron chi connectivity index (χ2n) is 11.8. The van der Waals surface area contributed by atoms with Crippen molar-refractivity contribution in [1.29, 1.82) is 0 Å². The summed E-state index contributed by atoms with van der Waals surface area (Å²) >= 11 is 0. The molecule has 0 bridgehead atoms. The van der Waals surface area contributed by atoms with Crippen molar-refractivity contribution in [2.75, 3.05) is 6.61 Å². The van der Waals surface area contributed by atoms with Gasteiger partial charge in [0.25, 0.3) is 0 Å². The first-order valence-corrected chi connectivity index (χ1v) is 18.0. The molecule has 1 heterocycles. The van der Waals surface area contributed by atoms with Gasteiger partial charge >= 0.3 is 7.60 Å². The summed E-state index contributed by atoms with van der Waals surface area (Å²) in [6.07, 6.45) is -2.62. The van der Waals surface area contributed by atoms with Crippen LogP contribution in [0.15, 0.2) is 152 Å². The molecule has 1 aliphatic rings. The highest BCUT2D eigenvalue weighted by Crippen LogP contribution is 2.54. The van der Waals surface area contributed by atoms with Crippen molar-refractivity contribution in [2.45, 2.75) is 56.5 Å². The van der Waals surface area contributed by atoms with Gasteiger partial charge in [0.05, 0.1) is 32.5 Å². The zero-order valence-corrected chi connectivity index (χ0v) is 28.0. The minimum atomic E-state index is -4.23. The normalized spacial score (nSPS) is 19.7. The van der Waals surface area contributed by atoms with E-state index in [2.05, 4.69) is 0 Å². The zero-order valence-electron chi connectivity index (χ0n) is 27.1. The fraction of sp³-hybridized carbons (Fsp3) is 0.250. The second-order valence-corrected chi connectivity index (χ2v) is 13.8. The molecule has 1 N–H and O–H groups in total. The summed E-state index contributed by atoms with van der Waals surface area (Å²) in [6.45, 7) is 1.20. The number of ether oxygens (including phenoxy) is 4. The number of para-hydroxylation sites is 2. The van der Waals surface area contributed by atoms with Gasteiger partial charge in [-0.25, -0.2) is 4.57 Å². The summed E-state index contributed by atoms with van der Waals surface area (Å²) in [5.41, 5.74) is 3.00. The highest BCUT2D eigenvalue weighted by atomic mass is 31.2. The van der Waals surface area contributed by atoms with Crippen molar-refractivity contribution in [3.8, 4) is 11.5 Å². The second kappa shape index (κ2) is 17.4. The average molecular weight is 681 g/mol. The SMILES string of the molecule is O=P(Oc1ccccc1)(Oc1ccccc1)C(O)C[C@@H]1O[C@H](COCc2ccccc2)[C@H](OCc2ccccc2)[C@@H]1OCc1ccccc1. The quantitative estimate of drug-likeness (QED) is 0.0984. The molecule has 1 unspecified atom stereocenters. The van der Waals surface area contributed by atoms with Crippen LogP contribution < -0.4 is 9.05 Å². The van der Waals surface area contributed by atoms with Crippen LogP contribution in [0.25, 0.3) is 0 Å². The third-order valence-corrected chi connectivity index (χ3v) is 10.0. The first-order chi connectivity index (χ1) is 24.1. The first kappa shape index (κ1) is 34.6. The molecular weight excluding hydrogens is 639 g/mol. The molecule has 1 aliphatic heterocycles. The maximum absolute atomic E-state index is 14.5. The summed E-state index contributed by atoms with van der Waals surface area (Å²) in [5, 5.41) is 11.7. The molecule has 0 aliphatic carbocycles. The van der Waals surface area contributed by atoms with Gasteiger partial charge in [-0.15, -0.1) is 0 Å². The minimum Gasteiger partial charge on any atom is -0.414 e. The van der Waals surface area contributed by atoms with Crippen LogP contribution in [0.3, 0.4) is 0 Å². The molecule has 9 heteroatoms. The Morgan fingerprint density at radius 3 is 1.39 bits per heavy atom. The highest BCUT2D eigenvalue weighted by molar-refractivity contribution is 7.55. The van der Waals surface area contributed by atoms with E-state index in [9.17, 15) is 9.67 Å². The van der Waals surface area contributed by atoms with Crippen molar-refractivity contribution in [3.05, 3.63) is 168 Å². The Kier molecular flexibility index (Phi) is 12.3. The largest absolute Gasteiger partial charge is 0.459 e. The van der Waals surface area contributed by atoms with Gasteiger partial charge in [-0.3, -0.25) is 0 Å². The Balaban J connectivity index is 1.26. The van der Waals surface area contributed by atoms with Gasteiger partial charge in [0.1, 0.15) is 29.8 Å². The van der Waals surface area contributed by atoms with Crippen molar-refractivity contribution < 1.29 is 37.7 Å². The molecule has 0 amide bonds. The van der Waals surface area contributed by atoms with Crippen LogP contribution in [0.5, 0.6) is 11.5 Å². The number of hydrogen-bond acceptors (Lipinski definition) is 8. The Hall–Kier alpha value is -4.27. The van der Waals surface area contributed by atoms with Crippen molar-refractivity contribution in [2.24, 2.45) is 0 Å². The van der Waals surface area contributed by atoms with Crippen LogP contribution in [0.2, 0.25) is 0 Å². The topological polar surface area (TPSA) is 92.7 Å². The maximum atomic E-state index is 14.5. The summed E-state index contributed by atoms with van der Waals surface area (Å²) in [4.78, 5) is 0. The van der Waals surface area contributed by atoms with E-state index in [0.717, 1.165) is 16.7 Å². The summed E-state index contributed by atoms with van der Waals surface area (Å²) < 4.78 is 52.2. The van der Waals surface area contributed by atoms with Crippen LogP contribution in [0.1, 0.15) is 23.1 Å². The van der Waals surface area contributed by atoms with E-state index in [1.165, 1.54) is 0 Å². The monoisotopic (exact) mass is 680 g/mol. The predicted molar refractivity (Wildman–Crippen MR) is 187 cm³/mol. The lowest BCUT2D eigenvalue weighted by molar-refractivity contribution is -0.0899. The van der Waals surface area contributed by atoms with Gasteiger partial charge in [-0.2, -0.15) is 0 Å². The Bertz CT molecular complexity index is 1670. The van der Waals surface area contributed by atoms with E-state index in [-0.39, 0.29) is 19.6 Å². The fourth-order valence-electron chi connectivity index (χ4n) is 5.66. The molecule has 254 valence electrons. The van der Waals surface area contributed by atoms with E-state index in [1.54, 1.807) is 48.5 Å². The van der Waals surface area contributed by atoms with Crippen molar-refractivity contribution in [1.82, 2.24) is 0 Å². The van der Waals surface area contributed by atoms with E-state index >= 15 is 0 Å². The standard InChI is InChI=1S/C40H41O8P/c41-38(49(42,47-34-22-12-4-13-23-34)48-35-24-14-5-15-25-35)26-36-39(44-28-32-18-8-2-9-19-32)40(45-29-33-20-10-3-11-21-33)37(46-36)30-43-27-31-16-6-1-7-17-31/h1-25,36-41H,26-30H2/t36-,37+,38?,39+,40-/m0/s1. The molecule has 5 aromatic rings. The molecule has 6 rings (SSSR count). The van der Waals surface area contributed by atoms with Crippen LogP contribution in [0, 0.1) is 0 Å². The molecule has 0 radical (unpaired) electrons. The number of hydrogen-bond donors (Lipinski definition) is 1. The predicted octanol–water partition coefficient (Wildman–Crippen LogP) is 8.20. The Morgan fingerprint density at radius 2 is 0.939 bits per heavy atom. The first-order valence-electron chi connectivity index (χ1n) is 16.4. The van der Waals surface area contributed by atoms with Gasteiger partial charge in [0.2, 0.25) is 0 Å². The van der Waals surface area contributed by atoms with Crippen molar-refractivity contribution >= 4 is 7.60 Å². The number of benzene rings is 5. The zero-order chi connectivity index (χ0) is 33.7. The summed E-state index contributed by atoms with van der Waals surface area (Å²) in [5.74, 6) is -0.956. The van der Waals surface area contributed by atoms with E-state index in [0.29, 0.717) is 24.7 Å². The highest BCUT2D eigenvalue weighted by Gasteiger charge is 2.50. The lowest BCUT2D eigenvalue weighted by Gasteiger charge is -2.28. The van der Waals surface area contributed by atoms with Gasteiger partial charge in [0, 0.05) is 6.42 Å². The van der Waals surface area contributed by atoms with Gasteiger partial charge < -0.3 is 33.1 Å². The third kappa shape index (κ3) is 9.89. The molecule has 49 heavy (non-hydrogen) atoms. The molecular formula is C40H41O8P. The summed E-state index contributed by atoms with van der Waals surface area (Å²) in [6, 6.07) is 46.9. The van der Waals surface area contributed by atoms with E-state index < -0.39 is 37.9 Å². The molecule has 1 fully saturated rings. The van der Waals surface area contributed by atoms with Crippen molar-refractivity contribution in [3.63, 3.8) is 0 Å². The number of aliphatic hydroxyl groups excluding tert-OH is 1. The number of aliphatic hydroxyl groups is 1. The van der Waals surface area contributed by atoms with Gasteiger partial charge in [-0.1, -0.05) is 127 Å². The van der Waals surface area contributed by atoms with E-state index in [1.807, 2.05) is 103 Å². The molecule has 8 nitrogen and oxygen atoms in total. The third-order valence-electron chi connectivity index (χ3n) is 8.13. The molecule has 1 saturated heterocycles. The lowest BCUT2D eigenvalue weighted by Crippen LogP contribution is -2.40. The van der Waals surface area contributed by atoms with Gasteiger partial charge in [0.15, 0.2) is 5.85 Å². The Morgan fingerprint density at radius 1 is 0.551 bits per heavy atom. The maximum Gasteiger partial charge on any atom is 0.459 e. The molecule has 5 atom stereocenters. The van der Waals surface area contributed by atoms with Crippen LogP contribution in [-0.4, -0.2) is 42.0 Å². The number of rotatable bonds is 17. The summed E-state index contributed by atoms with van der Waals surface area (Å²) in [7, 11) is -4.23. The van der Waals surface area contributed by atoms with Crippen LogP contribution in [-0.2, 0) is 43.3 Å². The van der Waals surface area contributed by atoms with Crippen LogP contribution in [0.4, 0.5) is 0 Å². The van der Waals surface area contributed by atoms with E-state index in [4.69, 9.17) is 28.0 Å². The smallest absolute Gasteiger partial charge is 0.414 e.